The van der Waals surface area contributed by atoms with Gasteiger partial charge in [-0.1, -0.05) is 12.2 Å². The van der Waals surface area contributed by atoms with Crippen LogP contribution in [0, 0.1) is 0 Å². The van der Waals surface area contributed by atoms with Gasteiger partial charge in [-0.2, -0.15) is 0 Å². The van der Waals surface area contributed by atoms with E-state index >= 15 is 0 Å². The van der Waals surface area contributed by atoms with E-state index in [0.717, 1.165) is 0 Å². The van der Waals surface area contributed by atoms with Crippen LogP contribution in [0.25, 0.3) is 0 Å². The zero-order valence-corrected chi connectivity index (χ0v) is 5.20. The van der Waals surface area contributed by atoms with Crippen molar-refractivity contribution in [3.63, 3.8) is 0 Å². The van der Waals surface area contributed by atoms with Crippen LogP contribution in [0.15, 0.2) is 12.2 Å². The first-order valence-corrected chi connectivity index (χ1v) is 2.86. The lowest BCUT2D eigenvalue weighted by atomic mass is 10.2. The third kappa shape index (κ3) is 5.49. The summed E-state index contributed by atoms with van der Waals surface area (Å²) in [7, 11) is 0. The van der Waals surface area contributed by atoms with E-state index in [-0.39, 0.29) is 13.2 Å². The summed E-state index contributed by atoms with van der Waals surface area (Å²) in [5.41, 5.74) is 0. The second-order valence-corrected chi connectivity index (χ2v) is 1.73. The molecule has 9 heavy (non-hydrogen) atoms. The van der Waals surface area contributed by atoms with E-state index in [4.69, 9.17) is 15.3 Å². The first kappa shape index (κ1) is 8.62. The Hall–Kier alpha value is -0.380. The summed E-state index contributed by atoms with van der Waals surface area (Å²) in [4.78, 5) is 0. The molecule has 3 heteroatoms. The minimum Gasteiger partial charge on any atom is -0.394 e. The first-order chi connectivity index (χ1) is 4.31. The average Bonchev–Trinajstić information content (AvgIpc) is 1.89. The SMILES string of the molecule is OC/C=C/CC(O)CO. The molecule has 0 aliphatic rings. The quantitative estimate of drug-likeness (QED) is 0.442. The third-order valence-electron chi connectivity index (χ3n) is 0.891. The molecule has 0 spiro atoms. The van der Waals surface area contributed by atoms with Crippen LogP contribution in [0.4, 0.5) is 0 Å². The number of aliphatic hydroxyl groups excluding tert-OH is 3. The summed E-state index contributed by atoms with van der Waals surface area (Å²) in [5, 5.41) is 25.2. The van der Waals surface area contributed by atoms with Crippen LogP contribution in [0.1, 0.15) is 6.42 Å². The summed E-state index contributed by atoms with van der Waals surface area (Å²) >= 11 is 0. The van der Waals surface area contributed by atoms with Gasteiger partial charge >= 0.3 is 0 Å². The molecule has 1 unspecified atom stereocenters. The maximum absolute atomic E-state index is 8.70. The highest BCUT2D eigenvalue weighted by Gasteiger charge is 1.95. The fourth-order valence-corrected chi connectivity index (χ4v) is 0.402. The first-order valence-electron chi connectivity index (χ1n) is 2.86. The highest BCUT2D eigenvalue weighted by Crippen LogP contribution is 1.90. The van der Waals surface area contributed by atoms with Gasteiger partial charge in [0.05, 0.1) is 19.3 Å². The lowest BCUT2D eigenvalue weighted by molar-refractivity contribution is 0.0975. The van der Waals surface area contributed by atoms with Crippen LogP contribution in [-0.2, 0) is 0 Å². The summed E-state index contributed by atoms with van der Waals surface area (Å²) in [6, 6.07) is 0. The highest BCUT2D eigenvalue weighted by molar-refractivity contribution is 4.82. The second-order valence-electron chi connectivity index (χ2n) is 1.73. The Kier molecular flexibility index (Phi) is 5.51. The third-order valence-corrected chi connectivity index (χ3v) is 0.891. The van der Waals surface area contributed by atoms with E-state index in [9.17, 15) is 0 Å². The zero-order chi connectivity index (χ0) is 7.11. The Morgan fingerprint density at radius 1 is 1.22 bits per heavy atom. The number of aliphatic hydroxyl groups is 3. The van der Waals surface area contributed by atoms with Crippen molar-refractivity contribution >= 4 is 0 Å². The predicted molar refractivity (Wildman–Crippen MR) is 33.9 cm³/mol. The van der Waals surface area contributed by atoms with Crippen molar-refractivity contribution in [2.75, 3.05) is 13.2 Å². The van der Waals surface area contributed by atoms with Gasteiger partial charge in [-0.15, -0.1) is 0 Å². The molecule has 0 bridgehead atoms. The molecule has 0 aliphatic carbocycles. The fraction of sp³-hybridized carbons (Fsp3) is 0.667. The van der Waals surface area contributed by atoms with Crippen LogP contribution < -0.4 is 0 Å². The van der Waals surface area contributed by atoms with E-state index in [1.54, 1.807) is 6.08 Å². The van der Waals surface area contributed by atoms with Crippen molar-refractivity contribution < 1.29 is 15.3 Å². The van der Waals surface area contributed by atoms with Crippen LogP contribution in [-0.4, -0.2) is 34.6 Å². The van der Waals surface area contributed by atoms with Gasteiger partial charge < -0.3 is 15.3 Å². The molecule has 3 N–H and O–H groups in total. The Balaban J connectivity index is 3.15. The molecule has 0 saturated carbocycles. The van der Waals surface area contributed by atoms with E-state index in [1.165, 1.54) is 6.08 Å². The molecule has 0 amide bonds. The molecule has 0 rings (SSSR count). The summed E-state index contributed by atoms with van der Waals surface area (Å²) in [6.07, 6.45) is 2.87. The maximum Gasteiger partial charge on any atom is 0.0805 e. The minimum atomic E-state index is -0.687. The monoisotopic (exact) mass is 132 g/mol. The van der Waals surface area contributed by atoms with Crippen molar-refractivity contribution in [1.82, 2.24) is 0 Å². The van der Waals surface area contributed by atoms with Gasteiger partial charge in [0.1, 0.15) is 0 Å². The standard InChI is InChI=1S/C6H12O3/c7-4-2-1-3-6(9)5-8/h1-2,6-9H,3-5H2/b2-1+. The second kappa shape index (κ2) is 5.75. The van der Waals surface area contributed by atoms with Crippen molar-refractivity contribution in [3.8, 4) is 0 Å². The largest absolute Gasteiger partial charge is 0.394 e. The summed E-state index contributed by atoms with van der Waals surface area (Å²) in [6.45, 7) is -0.242. The summed E-state index contributed by atoms with van der Waals surface area (Å²) in [5.74, 6) is 0. The van der Waals surface area contributed by atoms with E-state index in [2.05, 4.69) is 0 Å². The van der Waals surface area contributed by atoms with Crippen LogP contribution in [0.2, 0.25) is 0 Å². The fourth-order valence-electron chi connectivity index (χ4n) is 0.402. The number of rotatable bonds is 4. The number of hydrogen-bond acceptors (Lipinski definition) is 3. The molecule has 0 aromatic heterocycles. The van der Waals surface area contributed by atoms with E-state index < -0.39 is 6.10 Å². The molecule has 1 atom stereocenters. The van der Waals surface area contributed by atoms with E-state index in [1.807, 2.05) is 0 Å². The van der Waals surface area contributed by atoms with Crippen molar-refractivity contribution in [3.05, 3.63) is 12.2 Å². The van der Waals surface area contributed by atoms with Gasteiger partial charge in [0.2, 0.25) is 0 Å². The molecular weight excluding hydrogens is 120 g/mol. The van der Waals surface area contributed by atoms with Gasteiger partial charge in [0, 0.05) is 0 Å². The van der Waals surface area contributed by atoms with Crippen LogP contribution in [0.5, 0.6) is 0 Å². The lowest BCUT2D eigenvalue weighted by Gasteiger charge is -1.99. The Bertz CT molecular complexity index is 80.4. The highest BCUT2D eigenvalue weighted by atomic mass is 16.3. The van der Waals surface area contributed by atoms with Crippen molar-refractivity contribution in [1.29, 1.82) is 0 Å². The van der Waals surface area contributed by atoms with Crippen molar-refractivity contribution in [2.24, 2.45) is 0 Å². The molecular formula is C6H12O3. The molecule has 0 aliphatic heterocycles. The molecule has 0 radical (unpaired) electrons. The smallest absolute Gasteiger partial charge is 0.0805 e. The average molecular weight is 132 g/mol. The van der Waals surface area contributed by atoms with Crippen molar-refractivity contribution in [2.45, 2.75) is 12.5 Å². The lowest BCUT2D eigenvalue weighted by Crippen LogP contribution is -2.09. The molecule has 0 aromatic rings. The van der Waals surface area contributed by atoms with Gasteiger partial charge in [-0.3, -0.25) is 0 Å². The minimum absolute atomic E-state index is 0.0157. The molecule has 0 heterocycles. The predicted octanol–water partition coefficient (Wildman–Crippen LogP) is -0.722. The molecule has 0 aromatic carbocycles. The maximum atomic E-state index is 8.70. The Morgan fingerprint density at radius 2 is 1.89 bits per heavy atom. The normalized spacial score (nSPS) is 14.6. The molecule has 3 nitrogen and oxygen atoms in total. The number of hydrogen-bond donors (Lipinski definition) is 3. The van der Waals surface area contributed by atoms with Gasteiger partial charge in [-0.25, -0.2) is 0 Å². The van der Waals surface area contributed by atoms with Gasteiger partial charge in [-0.05, 0) is 6.42 Å². The molecule has 0 saturated heterocycles. The van der Waals surface area contributed by atoms with Gasteiger partial charge in [0.25, 0.3) is 0 Å². The van der Waals surface area contributed by atoms with Crippen LogP contribution >= 0.6 is 0 Å². The zero-order valence-electron chi connectivity index (χ0n) is 5.20. The van der Waals surface area contributed by atoms with Crippen LogP contribution in [0.3, 0.4) is 0 Å². The molecule has 54 valence electrons. The summed E-state index contributed by atoms with van der Waals surface area (Å²) < 4.78 is 0. The Labute approximate surface area is 54.3 Å². The molecule has 0 fully saturated rings. The Morgan fingerprint density at radius 3 is 2.33 bits per heavy atom. The topological polar surface area (TPSA) is 60.7 Å². The van der Waals surface area contributed by atoms with E-state index in [0.29, 0.717) is 6.42 Å². The van der Waals surface area contributed by atoms with Gasteiger partial charge in [0.15, 0.2) is 0 Å².